The van der Waals surface area contributed by atoms with Crippen molar-refractivity contribution in [3.8, 4) is 0 Å². The summed E-state index contributed by atoms with van der Waals surface area (Å²) in [5.41, 5.74) is -1.92. The Hall–Kier alpha value is -2.42. The number of hydrogen-bond donors (Lipinski definition) is 4. The lowest BCUT2D eigenvalue weighted by Crippen LogP contribution is -2.41. The van der Waals surface area contributed by atoms with Crippen LogP contribution < -0.4 is 22.5 Å². The number of rotatable bonds is 5. The molecule has 0 aliphatic heterocycles. The SMILES string of the molecule is CS(C)=O.CS(C)=O.Cc1cn(C[C@@H](O)[C@@H](O)Cn2cc(C)c(=O)[nH]c2=O)c(=O)[nH]c1=O. The lowest BCUT2D eigenvalue weighted by Gasteiger charge is -2.19. The summed E-state index contributed by atoms with van der Waals surface area (Å²) in [6.45, 7) is 2.46. The third-order valence-electron chi connectivity index (χ3n) is 3.59. The van der Waals surface area contributed by atoms with Crippen LogP contribution in [0, 0.1) is 13.8 Å². The Morgan fingerprint density at radius 1 is 0.750 bits per heavy atom. The molecule has 0 spiro atoms. The van der Waals surface area contributed by atoms with Crippen molar-refractivity contribution < 1.29 is 18.6 Å². The fourth-order valence-electron chi connectivity index (χ4n) is 2.15. The molecule has 0 saturated heterocycles. The zero-order chi connectivity index (χ0) is 25.2. The number of H-pyrrole nitrogens is 2. The molecule has 2 atom stereocenters. The van der Waals surface area contributed by atoms with Crippen molar-refractivity contribution in [3.05, 3.63) is 65.2 Å². The topological polar surface area (TPSA) is 184 Å². The van der Waals surface area contributed by atoms with E-state index in [1.54, 1.807) is 25.0 Å². The van der Waals surface area contributed by atoms with Crippen molar-refractivity contribution in [2.24, 2.45) is 0 Å². The van der Waals surface area contributed by atoms with E-state index in [9.17, 15) is 37.8 Å². The van der Waals surface area contributed by atoms with E-state index in [4.69, 9.17) is 0 Å². The monoisotopic (exact) mass is 494 g/mol. The highest BCUT2D eigenvalue weighted by Gasteiger charge is 2.19. The smallest absolute Gasteiger partial charge is 0.328 e. The minimum Gasteiger partial charge on any atom is -0.388 e. The van der Waals surface area contributed by atoms with Crippen LogP contribution in [0.4, 0.5) is 0 Å². The standard InChI is InChI=1S/C14H18N4O6.2C2H6OS/c1-7-3-17(13(23)15-11(7)21)5-9(19)10(20)6-18-4-8(2)12(22)16-14(18)24;2*1-4(2)3/h3-4,9-10,19-20H,5-6H2,1-2H3,(H,15,21,23)(H,16,22,24);2*1-2H3/t9-,10+;;. The molecule has 2 aromatic heterocycles. The molecule has 0 unspecified atom stereocenters. The summed E-state index contributed by atoms with van der Waals surface area (Å²) in [5.74, 6) is 0. The Balaban J connectivity index is 0.00000104. The molecular weight excluding hydrogens is 464 g/mol. The van der Waals surface area contributed by atoms with Gasteiger partial charge in [-0.3, -0.25) is 37.1 Å². The molecule has 14 heteroatoms. The van der Waals surface area contributed by atoms with Crippen LogP contribution in [0.25, 0.3) is 0 Å². The average Bonchev–Trinajstić information content (AvgIpc) is 2.63. The van der Waals surface area contributed by atoms with E-state index >= 15 is 0 Å². The van der Waals surface area contributed by atoms with Crippen LogP contribution in [0.5, 0.6) is 0 Å². The summed E-state index contributed by atoms with van der Waals surface area (Å²) >= 11 is 0. The maximum Gasteiger partial charge on any atom is 0.328 e. The second-order valence-electron chi connectivity index (χ2n) is 7.07. The Kier molecular flexibility index (Phi) is 12.8. The van der Waals surface area contributed by atoms with Gasteiger partial charge in [0.05, 0.1) is 25.3 Å². The van der Waals surface area contributed by atoms with Crippen LogP contribution in [0.2, 0.25) is 0 Å². The summed E-state index contributed by atoms with van der Waals surface area (Å²) in [5, 5.41) is 20.1. The van der Waals surface area contributed by atoms with E-state index < -0.39 is 56.3 Å². The Bertz CT molecular complexity index is 1070. The highest BCUT2D eigenvalue weighted by Crippen LogP contribution is 2.00. The number of nitrogens with one attached hydrogen (secondary N) is 2. The van der Waals surface area contributed by atoms with E-state index in [0.717, 1.165) is 9.13 Å². The number of aromatic nitrogens is 4. The van der Waals surface area contributed by atoms with E-state index in [0.29, 0.717) is 0 Å². The predicted molar refractivity (Wildman–Crippen MR) is 124 cm³/mol. The molecule has 0 saturated carbocycles. The van der Waals surface area contributed by atoms with Gasteiger partial charge in [-0.05, 0) is 13.8 Å². The minimum absolute atomic E-state index is 0.269. The fraction of sp³-hybridized carbons (Fsp3) is 0.556. The van der Waals surface area contributed by atoms with Crippen molar-refractivity contribution >= 4 is 21.6 Å². The molecule has 0 aromatic carbocycles. The van der Waals surface area contributed by atoms with Gasteiger partial charge in [-0.2, -0.15) is 0 Å². The third-order valence-corrected chi connectivity index (χ3v) is 3.59. The zero-order valence-corrected chi connectivity index (χ0v) is 20.4. The van der Waals surface area contributed by atoms with Crippen LogP contribution in [0.1, 0.15) is 11.1 Å². The van der Waals surface area contributed by atoms with Crippen LogP contribution >= 0.6 is 0 Å². The third kappa shape index (κ3) is 11.3. The van der Waals surface area contributed by atoms with Crippen LogP contribution in [-0.4, -0.2) is 75.0 Å². The second-order valence-corrected chi connectivity index (χ2v) is 10.0. The van der Waals surface area contributed by atoms with Gasteiger partial charge in [0.15, 0.2) is 0 Å². The van der Waals surface area contributed by atoms with Gasteiger partial charge in [0.1, 0.15) is 0 Å². The number of aliphatic hydroxyl groups excluding tert-OH is 2. The first kappa shape index (κ1) is 29.6. The first-order valence-electron chi connectivity index (χ1n) is 9.12. The van der Waals surface area contributed by atoms with Gasteiger partial charge < -0.3 is 10.2 Å². The molecule has 32 heavy (non-hydrogen) atoms. The van der Waals surface area contributed by atoms with Gasteiger partial charge in [0.2, 0.25) is 0 Å². The molecule has 12 nitrogen and oxygen atoms in total. The van der Waals surface area contributed by atoms with Gasteiger partial charge in [0, 0.05) is 70.1 Å². The predicted octanol–water partition coefficient (Wildman–Crippen LogP) is -2.59. The first-order valence-corrected chi connectivity index (χ1v) is 13.1. The van der Waals surface area contributed by atoms with Crippen LogP contribution in [0.15, 0.2) is 31.6 Å². The van der Waals surface area contributed by atoms with Crippen molar-refractivity contribution in [3.63, 3.8) is 0 Å². The molecule has 0 aliphatic rings. The molecule has 0 radical (unpaired) electrons. The maximum atomic E-state index is 11.7. The van der Waals surface area contributed by atoms with Gasteiger partial charge in [-0.25, -0.2) is 9.59 Å². The lowest BCUT2D eigenvalue weighted by atomic mass is 10.2. The van der Waals surface area contributed by atoms with Crippen molar-refractivity contribution in [2.45, 2.75) is 39.1 Å². The lowest BCUT2D eigenvalue weighted by molar-refractivity contribution is -0.00152. The van der Waals surface area contributed by atoms with Crippen molar-refractivity contribution in [2.75, 3.05) is 25.0 Å². The summed E-state index contributed by atoms with van der Waals surface area (Å²) in [7, 11) is -1.22. The van der Waals surface area contributed by atoms with Crippen LogP contribution in [-0.2, 0) is 34.7 Å². The van der Waals surface area contributed by atoms with E-state index in [-0.39, 0.29) is 24.2 Å². The Labute approximate surface area is 188 Å². The second kappa shape index (κ2) is 13.9. The van der Waals surface area contributed by atoms with Crippen molar-refractivity contribution in [1.29, 1.82) is 0 Å². The number of nitrogens with zero attached hydrogens (tertiary/aromatic N) is 2. The summed E-state index contributed by atoms with van der Waals surface area (Å²) in [4.78, 5) is 50.1. The van der Waals surface area contributed by atoms with E-state index in [1.807, 2.05) is 0 Å². The molecule has 182 valence electrons. The summed E-state index contributed by atoms with van der Waals surface area (Å²) in [6, 6.07) is 0. The average molecular weight is 495 g/mol. The number of aromatic amines is 2. The number of hydrogen-bond acceptors (Lipinski definition) is 8. The zero-order valence-electron chi connectivity index (χ0n) is 18.8. The van der Waals surface area contributed by atoms with Gasteiger partial charge in [-0.1, -0.05) is 0 Å². The Morgan fingerprint density at radius 3 is 1.25 bits per heavy atom. The quantitative estimate of drug-likeness (QED) is 0.349. The van der Waals surface area contributed by atoms with E-state index in [1.165, 1.54) is 26.2 Å². The number of aryl methyl sites for hydroxylation is 2. The highest BCUT2D eigenvalue weighted by atomic mass is 32.2. The maximum absolute atomic E-state index is 11.7. The first-order chi connectivity index (χ1) is 14.6. The van der Waals surface area contributed by atoms with Crippen LogP contribution in [0.3, 0.4) is 0 Å². The highest BCUT2D eigenvalue weighted by molar-refractivity contribution is 7.83. The molecular formula is C18H30N4O8S2. The molecule has 0 bridgehead atoms. The molecule has 2 heterocycles. The molecule has 0 fully saturated rings. The molecule has 2 aromatic rings. The van der Waals surface area contributed by atoms with E-state index in [2.05, 4.69) is 9.97 Å². The molecule has 0 aliphatic carbocycles. The Morgan fingerprint density at radius 2 is 1.00 bits per heavy atom. The minimum atomic E-state index is -1.37. The molecule has 2 rings (SSSR count). The normalized spacial score (nSPS) is 12.4. The summed E-state index contributed by atoms with van der Waals surface area (Å²) in [6.07, 6.45) is 6.36. The number of aliphatic hydroxyl groups is 2. The summed E-state index contributed by atoms with van der Waals surface area (Å²) < 4.78 is 21.2. The van der Waals surface area contributed by atoms with Gasteiger partial charge in [-0.15, -0.1) is 0 Å². The van der Waals surface area contributed by atoms with Gasteiger partial charge >= 0.3 is 11.4 Å². The van der Waals surface area contributed by atoms with Gasteiger partial charge in [0.25, 0.3) is 11.1 Å². The molecule has 0 amide bonds. The largest absolute Gasteiger partial charge is 0.388 e. The molecule has 4 N–H and O–H groups in total. The van der Waals surface area contributed by atoms with Crippen molar-refractivity contribution in [1.82, 2.24) is 19.1 Å². The fourth-order valence-corrected chi connectivity index (χ4v) is 2.15.